The van der Waals surface area contributed by atoms with Crippen molar-refractivity contribution in [3.8, 4) is 5.88 Å². The average Bonchev–Trinajstić information content (AvgIpc) is 2.47. The zero-order valence-electron chi connectivity index (χ0n) is 12.1. The van der Waals surface area contributed by atoms with E-state index in [4.69, 9.17) is 0 Å². The van der Waals surface area contributed by atoms with E-state index in [0.29, 0.717) is 6.42 Å². The van der Waals surface area contributed by atoms with Crippen LogP contribution in [0.4, 0.5) is 0 Å². The average molecular weight is 291 g/mol. The summed E-state index contributed by atoms with van der Waals surface area (Å²) in [7, 11) is 0. The predicted octanol–water partition coefficient (Wildman–Crippen LogP) is 1.09. The molecule has 0 radical (unpaired) electrons. The largest absolute Gasteiger partial charge is 0.859 e. The molecule has 0 saturated heterocycles. The van der Waals surface area contributed by atoms with Crippen LogP contribution in [-0.4, -0.2) is 15.3 Å². The van der Waals surface area contributed by atoms with Crippen LogP contribution in [0.15, 0.2) is 21.2 Å². The van der Waals surface area contributed by atoms with Crippen LogP contribution >= 0.6 is 0 Å². The number of H-pyrrole nitrogens is 1. The van der Waals surface area contributed by atoms with Crippen molar-refractivity contribution in [1.29, 1.82) is 0 Å². The highest BCUT2D eigenvalue weighted by atomic mass is 16.3. The van der Waals surface area contributed by atoms with Gasteiger partial charge in [0.25, 0.3) is 5.56 Å². The molecule has 0 unspecified atom stereocenters. The maximum atomic E-state index is 12.2. The van der Waals surface area contributed by atoms with Crippen LogP contribution in [-0.2, 0) is 6.54 Å². The van der Waals surface area contributed by atoms with Crippen LogP contribution in [0.3, 0.4) is 0 Å². The third-order valence-electron chi connectivity index (χ3n) is 3.79. The fourth-order valence-corrected chi connectivity index (χ4v) is 2.56. The molecular weight excluding hydrogens is 272 g/mol. The van der Waals surface area contributed by atoms with Crippen molar-refractivity contribution in [3.63, 3.8) is 0 Å². The molecule has 1 heterocycles. The summed E-state index contributed by atoms with van der Waals surface area (Å²) in [4.78, 5) is 37.1. The van der Waals surface area contributed by atoms with Crippen LogP contribution in [0.25, 0.3) is 0 Å². The standard InChI is InChI=1S/C15H20N2O4/c1-2-11(18)12-13(19)16-15(21)17(14(12)20)9-8-10-6-4-3-5-7-10/h6,20H,2-5,7-9H2,1H3,(H,16,19,21)/p-1. The normalized spacial score (nSPS) is 14.8. The lowest BCUT2D eigenvalue weighted by Crippen LogP contribution is -2.36. The molecule has 6 nitrogen and oxygen atoms in total. The number of Topliss-reactive ketones (excluding diaryl/α,β-unsaturated/α-hetero) is 1. The minimum absolute atomic E-state index is 0.0572. The quantitative estimate of drug-likeness (QED) is 0.649. The van der Waals surface area contributed by atoms with Gasteiger partial charge in [-0.15, -0.1) is 0 Å². The van der Waals surface area contributed by atoms with Crippen LogP contribution in [0.1, 0.15) is 55.8 Å². The fraction of sp³-hybridized carbons (Fsp3) is 0.533. The molecule has 1 aromatic heterocycles. The molecule has 0 saturated carbocycles. The second-order valence-corrected chi connectivity index (χ2v) is 5.23. The Morgan fingerprint density at radius 2 is 2.14 bits per heavy atom. The summed E-state index contributed by atoms with van der Waals surface area (Å²) >= 11 is 0. The second kappa shape index (κ2) is 6.56. The second-order valence-electron chi connectivity index (χ2n) is 5.23. The first-order valence-corrected chi connectivity index (χ1v) is 7.29. The fourth-order valence-electron chi connectivity index (χ4n) is 2.56. The highest BCUT2D eigenvalue weighted by Gasteiger charge is 2.14. The van der Waals surface area contributed by atoms with Crippen molar-refractivity contribution in [2.24, 2.45) is 0 Å². The number of allylic oxidation sites excluding steroid dienone is 2. The molecule has 0 aromatic carbocycles. The van der Waals surface area contributed by atoms with E-state index in [-0.39, 0.29) is 13.0 Å². The van der Waals surface area contributed by atoms with E-state index < -0.39 is 28.5 Å². The van der Waals surface area contributed by atoms with Crippen LogP contribution in [0.2, 0.25) is 0 Å². The summed E-state index contributed by atoms with van der Waals surface area (Å²) in [5, 5.41) is 12.2. The van der Waals surface area contributed by atoms with Gasteiger partial charge in [-0.05, 0) is 38.0 Å². The summed E-state index contributed by atoms with van der Waals surface area (Å²) < 4.78 is 0.958. The van der Waals surface area contributed by atoms with Crippen molar-refractivity contribution in [1.82, 2.24) is 9.55 Å². The number of hydrogen-bond acceptors (Lipinski definition) is 4. The van der Waals surface area contributed by atoms with Gasteiger partial charge in [-0.25, -0.2) is 4.79 Å². The number of aromatic amines is 1. The van der Waals surface area contributed by atoms with Gasteiger partial charge < -0.3 is 9.67 Å². The van der Waals surface area contributed by atoms with Gasteiger partial charge in [-0.3, -0.25) is 14.6 Å². The number of ketones is 1. The number of carbonyl (C=O) groups is 1. The molecule has 2 rings (SSSR count). The Balaban J connectivity index is 2.30. The maximum absolute atomic E-state index is 12.2. The molecule has 114 valence electrons. The van der Waals surface area contributed by atoms with Gasteiger partial charge in [-0.1, -0.05) is 18.6 Å². The monoisotopic (exact) mass is 291 g/mol. The Bertz CT molecular complexity index is 682. The molecule has 21 heavy (non-hydrogen) atoms. The highest BCUT2D eigenvalue weighted by Crippen LogP contribution is 2.21. The van der Waals surface area contributed by atoms with E-state index in [2.05, 4.69) is 11.1 Å². The Hall–Kier alpha value is -2.11. The summed E-state index contributed by atoms with van der Waals surface area (Å²) in [5.41, 5.74) is -0.837. The van der Waals surface area contributed by atoms with Gasteiger partial charge in [0.05, 0.1) is 5.56 Å². The lowest BCUT2D eigenvalue weighted by atomic mass is 9.97. The van der Waals surface area contributed by atoms with Crippen molar-refractivity contribution in [2.75, 3.05) is 0 Å². The Labute approximate surface area is 122 Å². The lowest BCUT2D eigenvalue weighted by molar-refractivity contribution is -0.280. The minimum Gasteiger partial charge on any atom is -0.859 e. The predicted molar refractivity (Wildman–Crippen MR) is 76.6 cm³/mol. The molecule has 0 amide bonds. The van der Waals surface area contributed by atoms with E-state index in [9.17, 15) is 19.5 Å². The zero-order valence-corrected chi connectivity index (χ0v) is 12.1. The first-order valence-electron chi connectivity index (χ1n) is 7.29. The number of rotatable bonds is 5. The summed E-state index contributed by atoms with van der Waals surface area (Å²) in [6.07, 6.45) is 7.10. The Morgan fingerprint density at radius 3 is 2.76 bits per heavy atom. The SMILES string of the molecule is CCC(=O)c1c([O-])n(CCC2=CCCCC2)c(=O)[nH]c1=O. The molecule has 1 aromatic rings. The molecule has 0 atom stereocenters. The number of hydrogen-bond donors (Lipinski definition) is 1. The number of carbonyl (C=O) groups excluding carboxylic acids is 1. The molecular formula is C15H19N2O4-. The summed E-state index contributed by atoms with van der Waals surface area (Å²) in [6.45, 7) is 1.77. The number of nitrogens with one attached hydrogen (secondary N) is 1. The summed E-state index contributed by atoms with van der Waals surface area (Å²) in [6, 6.07) is 0. The van der Waals surface area contributed by atoms with Gasteiger partial charge in [0.1, 0.15) is 0 Å². The Kier molecular flexibility index (Phi) is 4.77. The highest BCUT2D eigenvalue weighted by molar-refractivity contribution is 5.97. The molecule has 1 N–H and O–H groups in total. The van der Waals surface area contributed by atoms with E-state index in [1.54, 1.807) is 6.92 Å². The Morgan fingerprint density at radius 1 is 1.38 bits per heavy atom. The van der Waals surface area contributed by atoms with Gasteiger partial charge in [0.2, 0.25) is 0 Å². The van der Waals surface area contributed by atoms with E-state index in [1.807, 2.05) is 0 Å². The number of aromatic nitrogens is 2. The van der Waals surface area contributed by atoms with E-state index >= 15 is 0 Å². The molecule has 1 aliphatic rings. The van der Waals surface area contributed by atoms with Gasteiger partial charge in [0.15, 0.2) is 5.78 Å². The van der Waals surface area contributed by atoms with E-state index in [1.165, 1.54) is 12.0 Å². The minimum atomic E-state index is -0.884. The molecule has 0 fully saturated rings. The van der Waals surface area contributed by atoms with E-state index in [0.717, 1.165) is 23.8 Å². The maximum Gasteiger partial charge on any atom is 0.327 e. The van der Waals surface area contributed by atoms with Crippen LogP contribution in [0, 0.1) is 0 Å². The molecule has 0 bridgehead atoms. The molecule has 1 aliphatic carbocycles. The molecule has 0 spiro atoms. The zero-order chi connectivity index (χ0) is 15.4. The third kappa shape index (κ3) is 3.32. The molecule has 6 heteroatoms. The van der Waals surface area contributed by atoms with Gasteiger partial charge in [-0.2, -0.15) is 0 Å². The van der Waals surface area contributed by atoms with Crippen molar-refractivity contribution < 1.29 is 9.90 Å². The van der Waals surface area contributed by atoms with Crippen LogP contribution < -0.4 is 16.4 Å². The van der Waals surface area contributed by atoms with Crippen molar-refractivity contribution in [2.45, 2.75) is 52.0 Å². The summed E-state index contributed by atoms with van der Waals surface area (Å²) in [5.74, 6) is -1.31. The van der Waals surface area contributed by atoms with Crippen LogP contribution in [0.5, 0.6) is 5.88 Å². The molecule has 0 aliphatic heterocycles. The topological polar surface area (TPSA) is 95.0 Å². The van der Waals surface area contributed by atoms with Crippen molar-refractivity contribution in [3.05, 3.63) is 38.1 Å². The first kappa shape index (κ1) is 15.3. The van der Waals surface area contributed by atoms with Gasteiger partial charge in [0, 0.05) is 13.0 Å². The van der Waals surface area contributed by atoms with Gasteiger partial charge >= 0.3 is 5.69 Å². The first-order chi connectivity index (χ1) is 10.0. The smallest absolute Gasteiger partial charge is 0.327 e. The number of nitrogens with zero attached hydrogens (tertiary/aromatic N) is 1. The van der Waals surface area contributed by atoms with Crippen molar-refractivity contribution >= 4 is 5.78 Å². The lowest BCUT2D eigenvalue weighted by Gasteiger charge is -2.20. The third-order valence-corrected chi connectivity index (χ3v) is 3.79.